The fourth-order valence-electron chi connectivity index (χ4n) is 3.60. The zero-order chi connectivity index (χ0) is 13.4. The van der Waals surface area contributed by atoms with Crippen LogP contribution in [0.4, 0.5) is 0 Å². The molecule has 0 aliphatic heterocycles. The van der Waals surface area contributed by atoms with Gasteiger partial charge in [-0.15, -0.1) is 0 Å². The minimum absolute atomic E-state index is 0.665. The first-order valence-corrected chi connectivity index (χ1v) is 7.66. The van der Waals surface area contributed by atoms with Crippen LogP contribution in [0.2, 0.25) is 0 Å². The Balaban J connectivity index is 2.64. The van der Waals surface area contributed by atoms with Crippen LogP contribution in [0.15, 0.2) is 0 Å². The van der Waals surface area contributed by atoms with E-state index in [1.54, 1.807) is 0 Å². The van der Waals surface area contributed by atoms with Crippen molar-refractivity contribution in [3.05, 3.63) is 0 Å². The first kappa shape index (κ1) is 16.0. The van der Waals surface area contributed by atoms with Crippen LogP contribution < -0.4 is 0 Å². The highest BCUT2D eigenvalue weighted by atomic mass is 16.5. The second-order valence-electron chi connectivity index (χ2n) is 6.36. The van der Waals surface area contributed by atoms with E-state index >= 15 is 0 Å². The second-order valence-corrected chi connectivity index (χ2v) is 6.36. The number of methoxy groups -OCH3 is 2. The highest BCUT2D eigenvalue weighted by molar-refractivity contribution is 4.80. The van der Waals surface area contributed by atoms with Crippen molar-refractivity contribution in [2.24, 2.45) is 23.7 Å². The molecule has 2 atom stereocenters. The lowest BCUT2D eigenvalue weighted by molar-refractivity contribution is 0.0216. The maximum absolute atomic E-state index is 5.51. The van der Waals surface area contributed by atoms with Gasteiger partial charge in [-0.1, -0.05) is 46.0 Å². The van der Waals surface area contributed by atoms with Gasteiger partial charge in [0.1, 0.15) is 0 Å². The van der Waals surface area contributed by atoms with Gasteiger partial charge in [-0.05, 0) is 30.1 Å². The molecule has 0 aromatic heterocycles. The van der Waals surface area contributed by atoms with Crippen LogP contribution in [-0.2, 0) is 9.47 Å². The standard InChI is InChI=1S/C16H32O2/c1-13(2)10-15(11-17-3)16(12-18-4)14-8-6-5-7-9-14/h13-16H,5-12H2,1-4H3. The zero-order valence-electron chi connectivity index (χ0n) is 12.8. The Hall–Kier alpha value is -0.0800. The molecule has 0 spiro atoms. The molecule has 0 saturated heterocycles. The van der Waals surface area contributed by atoms with Crippen LogP contribution in [0, 0.1) is 23.7 Å². The highest BCUT2D eigenvalue weighted by Crippen LogP contribution is 2.36. The summed E-state index contributed by atoms with van der Waals surface area (Å²) in [5.41, 5.74) is 0. The normalized spacial score (nSPS) is 21.2. The second kappa shape index (κ2) is 8.92. The molecule has 1 aliphatic carbocycles. The molecule has 18 heavy (non-hydrogen) atoms. The van der Waals surface area contributed by atoms with Gasteiger partial charge in [0.25, 0.3) is 0 Å². The van der Waals surface area contributed by atoms with E-state index in [9.17, 15) is 0 Å². The molecule has 1 rings (SSSR count). The average molecular weight is 256 g/mol. The topological polar surface area (TPSA) is 18.5 Å². The van der Waals surface area contributed by atoms with Gasteiger partial charge in [-0.2, -0.15) is 0 Å². The van der Waals surface area contributed by atoms with Crippen LogP contribution in [0.25, 0.3) is 0 Å². The van der Waals surface area contributed by atoms with E-state index in [1.807, 2.05) is 14.2 Å². The summed E-state index contributed by atoms with van der Waals surface area (Å²) in [6.45, 7) is 6.43. The van der Waals surface area contributed by atoms with Crippen molar-refractivity contribution in [1.82, 2.24) is 0 Å². The average Bonchev–Trinajstić information content (AvgIpc) is 2.36. The largest absolute Gasteiger partial charge is 0.384 e. The lowest BCUT2D eigenvalue weighted by atomic mass is 9.72. The van der Waals surface area contributed by atoms with Crippen LogP contribution in [0.1, 0.15) is 52.4 Å². The maximum Gasteiger partial charge on any atom is 0.0496 e. The molecule has 1 aliphatic rings. The Bertz CT molecular complexity index is 197. The molecule has 1 saturated carbocycles. The third kappa shape index (κ3) is 5.27. The van der Waals surface area contributed by atoms with Crippen LogP contribution in [0.3, 0.4) is 0 Å². The molecule has 0 heterocycles. The van der Waals surface area contributed by atoms with E-state index in [4.69, 9.17) is 9.47 Å². The van der Waals surface area contributed by atoms with Crippen molar-refractivity contribution in [2.45, 2.75) is 52.4 Å². The van der Waals surface area contributed by atoms with Gasteiger partial charge in [0, 0.05) is 27.4 Å². The van der Waals surface area contributed by atoms with Crippen LogP contribution in [0.5, 0.6) is 0 Å². The summed E-state index contributed by atoms with van der Waals surface area (Å²) < 4.78 is 11.0. The minimum Gasteiger partial charge on any atom is -0.384 e. The van der Waals surface area contributed by atoms with Gasteiger partial charge < -0.3 is 9.47 Å². The molecule has 0 radical (unpaired) electrons. The van der Waals surface area contributed by atoms with Gasteiger partial charge in [0.2, 0.25) is 0 Å². The van der Waals surface area contributed by atoms with Gasteiger partial charge in [0.15, 0.2) is 0 Å². The molecule has 1 fully saturated rings. The van der Waals surface area contributed by atoms with E-state index in [0.29, 0.717) is 11.8 Å². The first-order valence-electron chi connectivity index (χ1n) is 7.66. The Morgan fingerprint density at radius 3 is 2.06 bits per heavy atom. The molecule has 0 aromatic carbocycles. The quantitative estimate of drug-likeness (QED) is 0.650. The maximum atomic E-state index is 5.51. The van der Waals surface area contributed by atoms with Gasteiger partial charge in [-0.3, -0.25) is 0 Å². The van der Waals surface area contributed by atoms with Gasteiger partial charge in [0.05, 0.1) is 0 Å². The molecule has 2 unspecified atom stereocenters. The molecule has 0 amide bonds. The van der Waals surface area contributed by atoms with Crippen molar-refractivity contribution >= 4 is 0 Å². The van der Waals surface area contributed by atoms with E-state index in [1.165, 1.54) is 38.5 Å². The van der Waals surface area contributed by atoms with Crippen molar-refractivity contribution in [1.29, 1.82) is 0 Å². The molecule has 0 N–H and O–H groups in total. The van der Waals surface area contributed by atoms with Gasteiger partial charge in [-0.25, -0.2) is 0 Å². The molecule has 0 aromatic rings. The van der Waals surface area contributed by atoms with E-state index in [0.717, 1.165) is 25.0 Å². The highest BCUT2D eigenvalue weighted by Gasteiger charge is 2.30. The number of hydrogen-bond donors (Lipinski definition) is 0. The lowest BCUT2D eigenvalue weighted by Gasteiger charge is -2.36. The Morgan fingerprint density at radius 2 is 1.56 bits per heavy atom. The Kier molecular flexibility index (Phi) is 7.92. The molecular formula is C16H32O2. The number of rotatable bonds is 8. The van der Waals surface area contributed by atoms with Crippen molar-refractivity contribution in [2.75, 3.05) is 27.4 Å². The first-order chi connectivity index (χ1) is 8.69. The van der Waals surface area contributed by atoms with Crippen molar-refractivity contribution in [3.8, 4) is 0 Å². The summed E-state index contributed by atoms with van der Waals surface area (Å²) in [4.78, 5) is 0. The fraction of sp³-hybridized carbons (Fsp3) is 1.00. The lowest BCUT2D eigenvalue weighted by Crippen LogP contribution is -2.32. The smallest absolute Gasteiger partial charge is 0.0496 e. The SMILES string of the molecule is COCC(CC(C)C)C(COC)C1CCCCC1. The minimum atomic E-state index is 0.665. The molecule has 2 heteroatoms. The van der Waals surface area contributed by atoms with Gasteiger partial charge >= 0.3 is 0 Å². The molecule has 0 bridgehead atoms. The van der Waals surface area contributed by atoms with E-state index in [2.05, 4.69) is 13.8 Å². The predicted octanol–water partition coefficient (Wildman–Crippen LogP) is 4.14. The monoisotopic (exact) mass is 256 g/mol. The predicted molar refractivity (Wildman–Crippen MR) is 76.8 cm³/mol. The third-order valence-corrected chi connectivity index (χ3v) is 4.37. The fourth-order valence-corrected chi connectivity index (χ4v) is 3.60. The number of ether oxygens (including phenoxy) is 2. The zero-order valence-corrected chi connectivity index (χ0v) is 12.8. The summed E-state index contributed by atoms with van der Waals surface area (Å²) in [6.07, 6.45) is 8.30. The van der Waals surface area contributed by atoms with Crippen molar-refractivity contribution < 1.29 is 9.47 Å². The van der Waals surface area contributed by atoms with Crippen LogP contribution >= 0.6 is 0 Å². The Labute approximate surface area is 113 Å². The molecular weight excluding hydrogens is 224 g/mol. The Morgan fingerprint density at radius 1 is 0.944 bits per heavy atom. The summed E-state index contributed by atoms with van der Waals surface area (Å²) in [6, 6.07) is 0. The summed E-state index contributed by atoms with van der Waals surface area (Å²) in [7, 11) is 3.67. The van der Waals surface area contributed by atoms with Crippen LogP contribution in [-0.4, -0.2) is 27.4 Å². The number of hydrogen-bond acceptors (Lipinski definition) is 2. The third-order valence-electron chi connectivity index (χ3n) is 4.37. The molecule has 2 nitrogen and oxygen atoms in total. The molecule has 108 valence electrons. The summed E-state index contributed by atoms with van der Waals surface area (Å²) in [5.74, 6) is 2.96. The summed E-state index contributed by atoms with van der Waals surface area (Å²) in [5, 5.41) is 0. The summed E-state index contributed by atoms with van der Waals surface area (Å²) >= 11 is 0. The van der Waals surface area contributed by atoms with E-state index in [-0.39, 0.29) is 0 Å². The van der Waals surface area contributed by atoms with E-state index < -0.39 is 0 Å². The van der Waals surface area contributed by atoms with Crippen molar-refractivity contribution in [3.63, 3.8) is 0 Å².